The van der Waals surface area contributed by atoms with Crippen LogP contribution in [0.15, 0.2) is 77.6 Å². The lowest BCUT2D eigenvalue weighted by Gasteiger charge is -2.34. The zero-order valence-electron chi connectivity index (χ0n) is 21.7. The lowest BCUT2D eigenvalue weighted by atomic mass is 10.0. The summed E-state index contributed by atoms with van der Waals surface area (Å²) in [4.78, 5) is 33.5. The van der Waals surface area contributed by atoms with Crippen LogP contribution in [-0.4, -0.2) is 20.5 Å². The summed E-state index contributed by atoms with van der Waals surface area (Å²) in [5, 5.41) is 2.61. The molecular weight excluding hydrogens is 505 g/mol. The molecule has 1 aromatic heterocycles. The molecule has 3 aromatic carbocycles. The second-order valence-electron chi connectivity index (χ2n) is 9.76. The van der Waals surface area contributed by atoms with Crippen LogP contribution in [0.2, 0.25) is 0 Å². The molecule has 0 saturated heterocycles. The van der Waals surface area contributed by atoms with Crippen LogP contribution >= 0.6 is 0 Å². The minimum Gasteiger partial charge on any atom is -0.308 e. The van der Waals surface area contributed by atoms with E-state index in [1.807, 2.05) is 61.5 Å². The zero-order chi connectivity index (χ0) is 27.7. The van der Waals surface area contributed by atoms with E-state index in [2.05, 4.69) is 17.2 Å². The highest BCUT2D eigenvalue weighted by Gasteiger charge is 2.39. The highest BCUT2D eigenvalue weighted by molar-refractivity contribution is 5.91. The first-order valence-corrected chi connectivity index (χ1v) is 13.0. The minimum absolute atomic E-state index is 0.0333. The van der Waals surface area contributed by atoms with E-state index in [-0.39, 0.29) is 23.9 Å². The number of urea groups is 1. The summed E-state index contributed by atoms with van der Waals surface area (Å²) in [5.74, 6) is 0.284. The van der Waals surface area contributed by atoms with Gasteiger partial charge in [-0.1, -0.05) is 67.9 Å². The van der Waals surface area contributed by atoms with Gasteiger partial charge in [-0.05, 0) is 49.1 Å². The van der Waals surface area contributed by atoms with Crippen molar-refractivity contribution < 1.29 is 18.0 Å². The summed E-state index contributed by atoms with van der Waals surface area (Å²) >= 11 is 0. The Morgan fingerprint density at radius 2 is 1.79 bits per heavy atom. The van der Waals surface area contributed by atoms with Gasteiger partial charge in [-0.15, -0.1) is 0 Å². The lowest BCUT2D eigenvalue weighted by Crippen LogP contribution is -2.40. The lowest BCUT2D eigenvalue weighted by molar-refractivity contribution is -0.136. The quantitative estimate of drug-likeness (QED) is 0.287. The summed E-state index contributed by atoms with van der Waals surface area (Å²) in [5.41, 5.74) is 0.811. The van der Waals surface area contributed by atoms with Crippen LogP contribution in [0.1, 0.15) is 61.3 Å². The number of rotatable bonds is 6. The number of hydrogen-bond donors (Lipinski definition) is 1. The van der Waals surface area contributed by atoms with Crippen LogP contribution in [0.3, 0.4) is 0 Å². The number of benzene rings is 3. The maximum absolute atomic E-state index is 14.0. The fraction of sp³-hybridized carbons (Fsp3) is 0.300. The highest BCUT2D eigenvalue weighted by Crippen LogP contribution is 2.38. The Kier molecular flexibility index (Phi) is 7.16. The molecule has 1 aliphatic heterocycles. The van der Waals surface area contributed by atoms with Crippen molar-refractivity contribution in [1.82, 2.24) is 14.5 Å². The number of anilines is 1. The molecular formula is C30H29F3N4O2. The molecule has 2 amide bonds. The number of para-hydroxylation sites is 1. The molecule has 0 spiro atoms. The van der Waals surface area contributed by atoms with E-state index in [9.17, 15) is 22.8 Å². The summed E-state index contributed by atoms with van der Waals surface area (Å²) < 4.78 is 42.4. The van der Waals surface area contributed by atoms with Gasteiger partial charge < -0.3 is 10.2 Å². The van der Waals surface area contributed by atoms with Crippen LogP contribution in [0.4, 0.5) is 23.7 Å². The molecule has 0 fully saturated rings. The van der Waals surface area contributed by atoms with Crippen molar-refractivity contribution in [2.45, 2.75) is 57.9 Å². The first kappa shape index (κ1) is 26.5. The molecule has 0 bridgehead atoms. The van der Waals surface area contributed by atoms with Crippen molar-refractivity contribution in [2.75, 3.05) is 5.32 Å². The van der Waals surface area contributed by atoms with Gasteiger partial charge in [-0.3, -0.25) is 9.36 Å². The number of alkyl halides is 3. The van der Waals surface area contributed by atoms with Crippen LogP contribution in [-0.2, 0) is 19.1 Å². The number of aromatic nitrogens is 2. The fourth-order valence-electron chi connectivity index (χ4n) is 5.42. The van der Waals surface area contributed by atoms with Gasteiger partial charge in [0, 0.05) is 12.2 Å². The molecule has 0 radical (unpaired) electrons. The number of amides is 2. The molecule has 2 heterocycles. The van der Waals surface area contributed by atoms with Crippen molar-refractivity contribution in [3.63, 3.8) is 0 Å². The Hall–Kier alpha value is -4.14. The highest BCUT2D eigenvalue weighted by atomic mass is 19.4. The Labute approximate surface area is 224 Å². The van der Waals surface area contributed by atoms with E-state index in [1.54, 1.807) is 4.90 Å². The molecule has 1 aliphatic rings. The monoisotopic (exact) mass is 534 g/mol. The summed E-state index contributed by atoms with van der Waals surface area (Å²) in [6.45, 7) is 4.12. The SMILES string of the molecule is CCCc1ccccc1NC(=O)N(C(C)c1ccccc1)C1CCn2c1nc1cccc(C(F)(F)F)c1c2=O. The summed E-state index contributed by atoms with van der Waals surface area (Å²) in [6, 6.07) is 19.3. The van der Waals surface area contributed by atoms with Gasteiger partial charge in [0.1, 0.15) is 5.82 Å². The van der Waals surface area contributed by atoms with Crippen LogP contribution in [0, 0.1) is 0 Å². The molecule has 1 N–H and O–H groups in total. The molecule has 39 heavy (non-hydrogen) atoms. The molecule has 2 unspecified atom stereocenters. The second kappa shape index (κ2) is 10.6. The van der Waals surface area contributed by atoms with E-state index in [4.69, 9.17) is 0 Å². The number of aryl methyl sites for hydroxylation is 1. The third-order valence-corrected chi connectivity index (χ3v) is 7.29. The van der Waals surface area contributed by atoms with Gasteiger partial charge in [0.2, 0.25) is 0 Å². The van der Waals surface area contributed by atoms with E-state index < -0.39 is 34.8 Å². The number of carbonyl (C=O) groups excluding carboxylic acids is 1. The number of fused-ring (bicyclic) bond motifs is 2. The van der Waals surface area contributed by atoms with Gasteiger partial charge in [0.25, 0.3) is 5.56 Å². The largest absolute Gasteiger partial charge is 0.417 e. The maximum atomic E-state index is 14.0. The van der Waals surface area contributed by atoms with Crippen LogP contribution < -0.4 is 10.9 Å². The predicted octanol–water partition coefficient (Wildman–Crippen LogP) is 7.11. The Bertz CT molecular complexity index is 1570. The molecule has 5 rings (SSSR count). The third-order valence-electron chi connectivity index (χ3n) is 7.29. The second-order valence-corrected chi connectivity index (χ2v) is 9.76. The summed E-state index contributed by atoms with van der Waals surface area (Å²) in [7, 11) is 0. The van der Waals surface area contributed by atoms with Gasteiger partial charge in [0.05, 0.1) is 28.6 Å². The van der Waals surface area contributed by atoms with Crippen molar-refractivity contribution in [2.24, 2.45) is 0 Å². The van der Waals surface area contributed by atoms with Crippen LogP contribution in [0.5, 0.6) is 0 Å². The van der Waals surface area contributed by atoms with Crippen molar-refractivity contribution in [3.8, 4) is 0 Å². The van der Waals surface area contributed by atoms with Crippen molar-refractivity contribution in [1.29, 1.82) is 0 Å². The Morgan fingerprint density at radius 1 is 1.08 bits per heavy atom. The number of carbonyl (C=O) groups is 1. The van der Waals surface area contributed by atoms with Gasteiger partial charge in [-0.2, -0.15) is 13.2 Å². The summed E-state index contributed by atoms with van der Waals surface area (Å²) in [6.07, 6.45) is -2.64. The third kappa shape index (κ3) is 5.01. The molecule has 0 saturated carbocycles. The Balaban J connectivity index is 1.61. The molecule has 9 heteroatoms. The fourth-order valence-corrected chi connectivity index (χ4v) is 5.42. The number of hydrogen-bond acceptors (Lipinski definition) is 3. The molecule has 202 valence electrons. The normalized spacial score (nSPS) is 15.7. The standard InChI is InChI=1S/C30H29F3N4O2/c1-3-10-21-13-7-8-15-23(21)35-29(39)37(19(2)20-11-5-4-6-12-20)25-17-18-36-27(25)34-24-16-9-14-22(30(31,32)33)26(24)28(36)38/h4-9,11-16,19,25H,3,10,17-18H2,1-2H3,(H,35,39). The van der Waals surface area contributed by atoms with Gasteiger partial charge in [-0.25, -0.2) is 9.78 Å². The minimum atomic E-state index is -4.69. The average molecular weight is 535 g/mol. The van der Waals surface area contributed by atoms with E-state index in [1.165, 1.54) is 16.7 Å². The molecule has 6 nitrogen and oxygen atoms in total. The van der Waals surface area contributed by atoms with Crippen molar-refractivity contribution in [3.05, 3.63) is 106 Å². The van der Waals surface area contributed by atoms with E-state index in [0.717, 1.165) is 30.0 Å². The first-order valence-electron chi connectivity index (χ1n) is 13.0. The number of nitrogens with one attached hydrogen (secondary N) is 1. The van der Waals surface area contributed by atoms with Crippen LogP contribution in [0.25, 0.3) is 10.9 Å². The molecule has 4 aromatic rings. The van der Waals surface area contributed by atoms with Crippen molar-refractivity contribution >= 4 is 22.6 Å². The predicted molar refractivity (Wildman–Crippen MR) is 145 cm³/mol. The number of nitrogens with zero attached hydrogens (tertiary/aromatic N) is 3. The topological polar surface area (TPSA) is 67.2 Å². The van der Waals surface area contributed by atoms with E-state index in [0.29, 0.717) is 12.1 Å². The van der Waals surface area contributed by atoms with E-state index >= 15 is 0 Å². The average Bonchev–Trinajstić information content (AvgIpc) is 3.33. The molecule has 0 aliphatic carbocycles. The van der Waals surface area contributed by atoms with Gasteiger partial charge in [0.15, 0.2) is 0 Å². The molecule has 2 atom stereocenters. The maximum Gasteiger partial charge on any atom is 0.417 e. The van der Waals surface area contributed by atoms with Gasteiger partial charge >= 0.3 is 12.2 Å². The zero-order valence-corrected chi connectivity index (χ0v) is 21.7. The Morgan fingerprint density at radius 3 is 2.51 bits per heavy atom. The first-order chi connectivity index (χ1) is 18.7. The smallest absolute Gasteiger partial charge is 0.308 e. The number of halogens is 3.